The lowest BCUT2D eigenvalue weighted by atomic mass is 9.83. The molecule has 4 heteroatoms. The number of allylic oxidation sites excluding steroid dienone is 2. The molecule has 0 saturated heterocycles. The van der Waals surface area contributed by atoms with Gasteiger partial charge in [0.05, 0.1) is 18.7 Å². The van der Waals surface area contributed by atoms with Crippen molar-refractivity contribution in [3.8, 4) is 0 Å². The van der Waals surface area contributed by atoms with Crippen LogP contribution in [0.2, 0.25) is 0 Å². The maximum Gasteiger partial charge on any atom is 0.196 e. The zero-order valence-electron chi connectivity index (χ0n) is 13.5. The zero-order chi connectivity index (χ0) is 16.5. The number of aromatic amines is 1. The first-order valence-corrected chi connectivity index (χ1v) is 8.22. The molecule has 0 fully saturated rings. The van der Waals surface area contributed by atoms with Crippen LogP contribution in [0.5, 0.6) is 0 Å². The number of hydrogen-bond acceptors (Lipinski definition) is 2. The van der Waals surface area contributed by atoms with Crippen LogP contribution in [0, 0.1) is 6.57 Å². The first-order chi connectivity index (χ1) is 11.8. The Balaban J connectivity index is 1.99. The second-order valence-corrected chi connectivity index (χ2v) is 6.05. The highest BCUT2D eigenvalue weighted by Gasteiger charge is 2.32. The van der Waals surface area contributed by atoms with Gasteiger partial charge in [-0.15, -0.1) is 0 Å². The Labute approximate surface area is 141 Å². The summed E-state index contributed by atoms with van der Waals surface area (Å²) in [5.74, 6) is 0.828. The number of anilines is 1. The van der Waals surface area contributed by atoms with Crippen LogP contribution in [0.15, 0.2) is 60.1 Å². The van der Waals surface area contributed by atoms with Gasteiger partial charge < -0.3 is 5.32 Å². The SMILES string of the molecule is [C-]#[N+]C1=C(CCC)Nc2[nH]ncc2C1c1cccc2ccccc12. The molecule has 1 aliphatic rings. The van der Waals surface area contributed by atoms with E-state index in [9.17, 15) is 0 Å². The molecule has 1 aliphatic heterocycles. The van der Waals surface area contributed by atoms with Crippen LogP contribution < -0.4 is 5.32 Å². The molecule has 0 bridgehead atoms. The van der Waals surface area contributed by atoms with E-state index >= 15 is 0 Å². The predicted molar refractivity (Wildman–Crippen MR) is 96.5 cm³/mol. The predicted octanol–water partition coefficient (Wildman–Crippen LogP) is 5.05. The lowest BCUT2D eigenvalue weighted by Crippen LogP contribution is -2.17. The fourth-order valence-corrected chi connectivity index (χ4v) is 3.54. The fourth-order valence-electron chi connectivity index (χ4n) is 3.54. The molecule has 2 N–H and O–H groups in total. The van der Waals surface area contributed by atoms with Gasteiger partial charge in [0.1, 0.15) is 5.82 Å². The maximum atomic E-state index is 7.78. The number of hydrogen-bond donors (Lipinski definition) is 2. The fraction of sp³-hybridized carbons (Fsp3) is 0.200. The second-order valence-electron chi connectivity index (χ2n) is 6.05. The lowest BCUT2D eigenvalue weighted by molar-refractivity contribution is 0.848. The number of H-pyrrole nitrogens is 1. The largest absolute Gasteiger partial charge is 0.354 e. The molecular formula is C20H18N4. The Morgan fingerprint density at radius 2 is 1.96 bits per heavy atom. The summed E-state index contributed by atoms with van der Waals surface area (Å²) >= 11 is 0. The molecule has 2 heterocycles. The number of nitrogens with zero attached hydrogens (tertiary/aromatic N) is 2. The van der Waals surface area contributed by atoms with Crippen molar-refractivity contribution in [3.63, 3.8) is 0 Å². The van der Waals surface area contributed by atoms with Crippen molar-refractivity contribution in [1.29, 1.82) is 0 Å². The number of aromatic nitrogens is 2. The molecule has 0 spiro atoms. The van der Waals surface area contributed by atoms with Crippen LogP contribution in [0.25, 0.3) is 15.6 Å². The third-order valence-corrected chi connectivity index (χ3v) is 4.59. The highest BCUT2D eigenvalue weighted by atomic mass is 15.2. The van der Waals surface area contributed by atoms with Crippen LogP contribution in [0.3, 0.4) is 0 Å². The second kappa shape index (κ2) is 5.86. The molecule has 0 saturated carbocycles. The molecule has 4 nitrogen and oxygen atoms in total. The van der Waals surface area contributed by atoms with E-state index in [0.29, 0.717) is 0 Å². The molecule has 1 aromatic heterocycles. The van der Waals surface area contributed by atoms with Gasteiger partial charge >= 0.3 is 0 Å². The summed E-state index contributed by atoms with van der Waals surface area (Å²) in [6.45, 7) is 9.92. The first kappa shape index (κ1) is 14.5. The summed E-state index contributed by atoms with van der Waals surface area (Å²) in [4.78, 5) is 3.92. The van der Waals surface area contributed by atoms with Crippen LogP contribution >= 0.6 is 0 Å². The number of fused-ring (bicyclic) bond motifs is 2. The highest BCUT2D eigenvalue weighted by molar-refractivity contribution is 5.87. The summed E-state index contributed by atoms with van der Waals surface area (Å²) in [6, 6.07) is 14.7. The topological polar surface area (TPSA) is 45.1 Å². The van der Waals surface area contributed by atoms with Crippen molar-refractivity contribution in [2.75, 3.05) is 5.32 Å². The first-order valence-electron chi connectivity index (χ1n) is 8.22. The highest BCUT2D eigenvalue weighted by Crippen LogP contribution is 2.44. The van der Waals surface area contributed by atoms with E-state index in [2.05, 4.69) is 63.7 Å². The summed E-state index contributed by atoms with van der Waals surface area (Å²) in [7, 11) is 0. The summed E-state index contributed by atoms with van der Waals surface area (Å²) in [6.07, 6.45) is 3.69. The van der Waals surface area contributed by atoms with E-state index in [-0.39, 0.29) is 5.92 Å². The molecule has 2 aromatic carbocycles. The molecule has 0 amide bonds. The summed E-state index contributed by atoms with van der Waals surface area (Å²) < 4.78 is 0. The Morgan fingerprint density at radius 1 is 1.12 bits per heavy atom. The van der Waals surface area contributed by atoms with Crippen molar-refractivity contribution in [2.45, 2.75) is 25.7 Å². The van der Waals surface area contributed by atoms with Crippen LogP contribution in [0.1, 0.15) is 36.8 Å². The molecule has 0 radical (unpaired) electrons. The monoisotopic (exact) mass is 314 g/mol. The van der Waals surface area contributed by atoms with E-state index in [1.54, 1.807) is 0 Å². The van der Waals surface area contributed by atoms with Gasteiger partial charge in [0.15, 0.2) is 5.70 Å². The minimum atomic E-state index is -0.0786. The average Bonchev–Trinajstić information content (AvgIpc) is 3.08. The van der Waals surface area contributed by atoms with Gasteiger partial charge in [0.25, 0.3) is 0 Å². The maximum absolute atomic E-state index is 7.78. The van der Waals surface area contributed by atoms with Crippen molar-refractivity contribution in [2.24, 2.45) is 0 Å². The number of rotatable bonds is 3. The quantitative estimate of drug-likeness (QED) is 0.664. The third kappa shape index (κ3) is 2.17. The Kier molecular flexibility index (Phi) is 3.55. The Bertz CT molecular complexity index is 969. The van der Waals surface area contributed by atoms with Crippen LogP contribution in [0.4, 0.5) is 5.82 Å². The van der Waals surface area contributed by atoms with Crippen LogP contribution in [-0.2, 0) is 0 Å². The van der Waals surface area contributed by atoms with Gasteiger partial charge in [-0.3, -0.25) is 5.10 Å². The van der Waals surface area contributed by atoms with Crippen LogP contribution in [-0.4, -0.2) is 10.2 Å². The van der Waals surface area contributed by atoms with E-state index in [1.165, 1.54) is 10.8 Å². The normalized spacial score (nSPS) is 16.6. The molecule has 118 valence electrons. The molecule has 0 aliphatic carbocycles. The van der Waals surface area contributed by atoms with Gasteiger partial charge in [-0.2, -0.15) is 5.10 Å². The standard InChI is InChI=1S/C20H18N4/c1-3-7-17-19(21-2)18(16-12-22-24-20(16)23-17)15-11-6-9-13-8-4-5-10-14(13)15/h4-6,8-12,18H,3,7H2,1H3,(H2,22,23,24). The van der Waals surface area contributed by atoms with Gasteiger partial charge in [0.2, 0.25) is 0 Å². The third-order valence-electron chi connectivity index (χ3n) is 4.59. The molecule has 3 aromatic rings. The summed E-state index contributed by atoms with van der Waals surface area (Å²) in [5.41, 5.74) is 3.98. The van der Waals surface area contributed by atoms with Crippen molar-refractivity contribution >= 4 is 16.6 Å². The molecule has 1 atom stereocenters. The minimum absolute atomic E-state index is 0.0786. The number of nitrogens with one attached hydrogen (secondary N) is 2. The van der Waals surface area contributed by atoms with Gasteiger partial charge in [0, 0.05) is 11.3 Å². The van der Waals surface area contributed by atoms with Crippen molar-refractivity contribution < 1.29 is 0 Å². The van der Waals surface area contributed by atoms with Crippen molar-refractivity contribution in [3.05, 3.63) is 82.6 Å². The Morgan fingerprint density at radius 3 is 2.79 bits per heavy atom. The van der Waals surface area contributed by atoms with Gasteiger partial charge in [-0.1, -0.05) is 55.8 Å². The molecule has 24 heavy (non-hydrogen) atoms. The smallest absolute Gasteiger partial charge is 0.196 e. The van der Waals surface area contributed by atoms with E-state index in [4.69, 9.17) is 6.57 Å². The summed E-state index contributed by atoms with van der Waals surface area (Å²) in [5, 5.41) is 13.0. The van der Waals surface area contributed by atoms with E-state index < -0.39 is 0 Å². The van der Waals surface area contributed by atoms with E-state index in [1.807, 2.05) is 12.3 Å². The van der Waals surface area contributed by atoms with Crippen molar-refractivity contribution in [1.82, 2.24) is 10.2 Å². The minimum Gasteiger partial charge on any atom is -0.354 e. The van der Waals surface area contributed by atoms with E-state index in [0.717, 1.165) is 41.2 Å². The Hall–Kier alpha value is -3.06. The lowest BCUT2D eigenvalue weighted by Gasteiger charge is -2.27. The molecule has 4 rings (SSSR count). The van der Waals surface area contributed by atoms with Gasteiger partial charge in [-0.05, 0) is 22.8 Å². The molecule has 1 unspecified atom stereocenters. The average molecular weight is 314 g/mol. The van der Waals surface area contributed by atoms with Gasteiger partial charge in [-0.25, -0.2) is 4.85 Å². The zero-order valence-corrected chi connectivity index (χ0v) is 13.5. The molecular weight excluding hydrogens is 296 g/mol. The number of benzene rings is 2.